The van der Waals surface area contributed by atoms with Crippen LogP contribution >= 0.6 is 31.9 Å². The second-order valence-corrected chi connectivity index (χ2v) is 6.76. The second-order valence-electron chi connectivity index (χ2n) is 4.93. The Kier molecular flexibility index (Phi) is 18.5. The third-order valence-electron chi connectivity index (χ3n) is 2.44. The summed E-state index contributed by atoms with van der Waals surface area (Å²) in [5.74, 6) is -0.118. The Hall–Kier alpha value is -1.66. The molecular formula is C20H27Br2NO3. The van der Waals surface area contributed by atoms with Gasteiger partial charge in [-0.1, -0.05) is 68.3 Å². The Bertz CT molecular complexity index is 553. The average molecular weight is 489 g/mol. The van der Waals surface area contributed by atoms with E-state index >= 15 is 0 Å². The highest BCUT2D eigenvalue weighted by molar-refractivity contribution is 9.10. The van der Waals surface area contributed by atoms with Crippen LogP contribution in [0.2, 0.25) is 0 Å². The predicted octanol–water partition coefficient (Wildman–Crippen LogP) is 5.56. The number of ether oxygens (including phenoxy) is 1. The van der Waals surface area contributed by atoms with Gasteiger partial charge < -0.3 is 9.64 Å². The monoisotopic (exact) mass is 487 g/mol. The summed E-state index contributed by atoms with van der Waals surface area (Å²) in [5.41, 5.74) is 0. The molecule has 0 atom stereocenters. The number of amides is 1. The Balaban J connectivity index is 0. The van der Waals surface area contributed by atoms with Crippen LogP contribution in [-0.4, -0.2) is 37.5 Å². The van der Waals surface area contributed by atoms with Crippen LogP contribution in [0.4, 0.5) is 0 Å². The number of hydrogen-bond donors (Lipinski definition) is 0. The van der Waals surface area contributed by atoms with Crippen LogP contribution in [0.3, 0.4) is 0 Å². The fourth-order valence-electron chi connectivity index (χ4n) is 1.03. The Morgan fingerprint density at radius 2 is 1.15 bits per heavy atom. The lowest BCUT2D eigenvalue weighted by molar-refractivity contribution is -0.140. The summed E-state index contributed by atoms with van der Waals surface area (Å²) in [6, 6.07) is 19.9. The Labute approximate surface area is 173 Å². The number of esters is 1. The first-order chi connectivity index (χ1) is 12.2. The molecule has 4 nitrogen and oxygen atoms in total. The van der Waals surface area contributed by atoms with E-state index in [2.05, 4.69) is 36.6 Å². The van der Waals surface area contributed by atoms with E-state index < -0.39 is 0 Å². The fraction of sp³-hybridized carbons (Fsp3) is 0.300. The summed E-state index contributed by atoms with van der Waals surface area (Å²) in [5, 5.41) is 0. The van der Waals surface area contributed by atoms with Crippen molar-refractivity contribution >= 4 is 43.7 Å². The summed E-state index contributed by atoms with van der Waals surface area (Å²) >= 11 is 6.62. The second kappa shape index (κ2) is 18.1. The molecule has 0 aliphatic carbocycles. The van der Waals surface area contributed by atoms with Gasteiger partial charge >= 0.3 is 5.97 Å². The van der Waals surface area contributed by atoms with Gasteiger partial charge in [0, 0.05) is 36.9 Å². The zero-order chi connectivity index (χ0) is 20.4. The topological polar surface area (TPSA) is 46.6 Å². The minimum Gasteiger partial charge on any atom is -0.466 e. The normalized spacial score (nSPS) is 8.27. The van der Waals surface area contributed by atoms with Crippen LogP contribution in [0.15, 0.2) is 69.6 Å². The molecule has 0 unspecified atom stereocenters. The number of hydrogen-bond acceptors (Lipinski definition) is 3. The van der Waals surface area contributed by atoms with Gasteiger partial charge in [0.25, 0.3) is 0 Å². The van der Waals surface area contributed by atoms with Gasteiger partial charge in [-0.05, 0) is 31.2 Å². The van der Waals surface area contributed by atoms with Crippen LogP contribution < -0.4 is 0 Å². The Morgan fingerprint density at radius 3 is 1.23 bits per heavy atom. The third-order valence-corrected chi connectivity index (χ3v) is 3.50. The standard InChI is InChI=1S/2C6H5Br.C4H9NO.C4H8O2/c2*7-6-4-2-1-3-5-6;1-4(6)5(2)3;1-3-6-4(2)5/h2*1-5H;1-3H3;3H2,1-2H3. The zero-order valence-electron chi connectivity index (χ0n) is 15.9. The highest BCUT2D eigenvalue weighted by Gasteiger charge is 1.87. The van der Waals surface area contributed by atoms with Crippen molar-refractivity contribution in [3.8, 4) is 0 Å². The van der Waals surface area contributed by atoms with Crippen LogP contribution in [0, 0.1) is 0 Å². The molecule has 0 aromatic heterocycles. The van der Waals surface area contributed by atoms with Crippen LogP contribution in [-0.2, 0) is 14.3 Å². The van der Waals surface area contributed by atoms with Crippen LogP contribution in [0.5, 0.6) is 0 Å². The number of carbonyl (C=O) groups is 2. The summed E-state index contributed by atoms with van der Waals surface area (Å²) in [6.45, 7) is 5.18. The van der Waals surface area contributed by atoms with Gasteiger partial charge in [0.2, 0.25) is 5.91 Å². The number of halogens is 2. The molecule has 26 heavy (non-hydrogen) atoms. The first kappa shape index (κ1) is 26.6. The van der Waals surface area contributed by atoms with Gasteiger partial charge in [-0.15, -0.1) is 0 Å². The molecule has 1 amide bonds. The number of rotatable bonds is 1. The maximum absolute atomic E-state index is 10.1. The van der Waals surface area contributed by atoms with Gasteiger partial charge in [-0.25, -0.2) is 0 Å². The molecule has 144 valence electrons. The third kappa shape index (κ3) is 22.3. The Morgan fingerprint density at radius 1 is 0.846 bits per heavy atom. The van der Waals surface area contributed by atoms with Crippen molar-refractivity contribution < 1.29 is 14.3 Å². The number of nitrogens with zero attached hydrogens (tertiary/aromatic N) is 1. The summed E-state index contributed by atoms with van der Waals surface area (Å²) in [4.78, 5) is 21.4. The van der Waals surface area contributed by atoms with E-state index in [1.807, 2.05) is 60.7 Å². The van der Waals surface area contributed by atoms with E-state index in [1.54, 1.807) is 21.0 Å². The summed E-state index contributed by atoms with van der Waals surface area (Å²) < 4.78 is 6.67. The maximum Gasteiger partial charge on any atom is 0.302 e. The molecule has 2 aromatic carbocycles. The lowest BCUT2D eigenvalue weighted by Gasteiger charge is -2.02. The molecule has 0 fully saturated rings. The first-order valence-corrected chi connectivity index (χ1v) is 9.51. The highest BCUT2D eigenvalue weighted by Crippen LogP contribution is 2.05. The fourth-order valence-corrected chi connectivity index (χ4v) is 1.64. The van der Waals surface area contributed by atoms with E-state index in [-0.39, 0.29) is 11.9 Å². The van der Waals surface area contributed by atoms with Crippen molar-refractivity contribution in [2.75, 3.05) is 20.7 Å². The molecule has 6 heteroatoms. The van der Waals surface area contributed by atoms with Crippen molar-refractivity contribution in [1.29, 1.82) is 0 Å². The zero-order valence-corrected chi connectivity index (χ0v) is 19.1. The molecule has 0 aliphatic rings. The SMILES string of the molecule is Brc1ccccc1.Brc1ccccc1.CC(=O)N(C)C.CCOC(C)=O. The van der Waals surface area contributed by atoms with Crippen molar-refractivity contribution in [3.63, 3.8) is 0 Å². The van der Waals surface area contributed by atoms with E-state index in [9.17, 15) is 9.59 Å². The van der Waals surface area contributed by atoms with Crippen LogP contribution in [0.1, 0.15) is 20.8 Å². The highest BCUT2D eigenvalue weighted by atomic mass is 79.9. The molecular weight excluding hydrogens is 462 g/mol. The molecule has 0 saturated carbocycles. The summed E-state index contributed by atoms with van der Waals surface area (Å²) in [7, 11) is 3.45. The minimum absolute atomic E-state index is 0.0926. The maximum atomic E-state index is 10.1. The molecule has 0 bridgehead atoms. The molecule has 0 radical (unpaired) electrons. The average Bonchev–Trinajstić information content (AvgIpc) is 2.58. The molecule has 2 aromatic rings. The van der Waals surface area contributed by atoms with Crippen molar-refractivity contribution in [2.45, 2.75) is 20.8 Å². The van der Waals surface area contributed by atoms with Gasteiger partial charge in [0.1, 0.15) is 0 Å². The smallest absolute Gasteiger partial charge is 0.302 e. The van der Waals surface area contributed by atoms with Gasteiger partial charge in [0.15, 0.2) is 0 Å². The molecule has 0 saturated heterocycles. The van der Waals surface area contributed by atoms with Crippen molar-refractivity contribution in [3.05, 3.63) is 69.6 Å². The lowest BCUT2D eigenvalue weighted by atomic mass is 10.4. The van der Waals surface area contributed by atoms with E-state index in [4.69, 9.17) is 0 Å². The molecule has 2 rings (SSSR count). The number of benzene rings is 2. The molecule has 0 N–H and O–H groups in total. The van der Waals surface area contributed by atoms with E-state index in [0.29, 0.717) is 6.61 Å². The lowest BCUT2D eigenvalue weighted by Crippen LogP contribution is -2.17. The minimum atomic E-state index is -0.211. The van der Waals surface area contributed by atoms with Gasteiger partial charge in [0.05, 0.1) is 6.61 Å². The molecule has 0 aliphatic heterocycles. The quantitative estimate of drug-likeness (QED) is 0.493. The van der Waals surface area contributed by atoms with E-state index in [0.717, 1.165) is 8.95 Å². The summed E-state index contributed by atoms with van der Waals surface area (Å²) in [6.07, 6.45) is 0. The molecule has 0 spiro atoms. The van der Waals surface area contributed by atoms with Crippen molar-refractivity contribution in [1.82, 2.24) is 4.90 Å². The molecule has 0 heterocycles. The van der Waals surface area contributed by atoms with Crippen molar-refractivity contribution in [2.24, 2.45) is 0 Å². The van der Waals surface area contributed by atoms with E-state index in [1.165, 1.54) is 18.7 Å². The van der Waals surface area contributed by atoms with Gasteiger partial charge in [-0.3, -0.25) is 9.59 Å². The van der Waals surface area contributed by atoms with Crippen LogP contribution in [0.25, 0.3) is 0 Å². The van der Waals surface area contributed by atoms with Gasteiger partial charge in [-0.2, -0.15) is 0 Å². The number of carbonyl (C=O) groups excluding carboxylic acids is 2. The largest absolute Gasteiger partial charge is 0.466 e. The first-order valence-electron chi connectivity index (χ1n) is 7.93. The predicted molar refractivity (Wildman–Crippen MR) is 115 cm³/mol.